The van der Waals surface area contributed by atoms with Gasteiger partial charge >= 0.3 is 0 Å². The number of benzene rings is 1. The Hall–Kier alpha value is -2.04. The molecule has 3 N–H and O–H groups in total. The van der Waals surface area contributed by atoms with Crippen LogP contribution in [-0.4, -0.2) is 46.0 Å². The molecule has 0 spiro atoms. The number of hydrogen-bond acceptors (Lipinski definition) is 6. The van der Waals surface area contributed by atoms with Crippen molar-refractivity contribution < 1.29 is 18.5 Å². The molecule has 7 nitrogen and oxygen atoms in total. The van der Waals surface area contributed by atoms with E-state index in [0.717, 1.165) is 6.42 Å². The maximum Gasteiger partial charge on any atom is 0.241 e. The van der Waals surface area contributed by atoms with Crippen LogP contribution in [-0.2, 0) is 26.4 Å². The van der Waals surface area contributed by atoms with Gasteiger partial charge < -0.3 is 19.9 Å². The van der Waals surface area contributed by atoms with Gasteiger partial charge in [0.1, 0.15) is 16.1 Å². The molecule has 0 bridgehead atoms. The van der Waals surface area contributed by atoms with Gasteiger partial charge in [-0.1, -0.05) is 25.0 Å². The minimum Gasteiger partial charge on any atom is -0.598 e. The summed E-state index contributed by atoms with van der Waals surface area (Å²) in [6, 6.07) is 9.92. The summed E-state index contributed by atoms with van der Waals surface area (Å²) in [6.07, 6.45) is 6.13. The van der Waals surface area contributed by atoms with Crippen LogP contribution >= 0.6 is 0 Å². The zero-order valence-corrected chi connectivity index (χ0v) is 22.3. The molecule has 0 radical (unpaired) electrons. The monoisotopic (exact) mass is 516 g/mol. The lowest BCUT2D eigenvalue weighted by Gasteiger charge is -2.38. The van der Waals surface area contributed by atoms with Crippen LogP contribution < -0.4 is 15.4 Å². The summed E-state index contributed by atoms with van der Waals surface area (Å²) in [5, 5.41) is 5.89. The first-order chi connectivity index (χ1) is 17.1. The minimum atomic E-state index is -1.43. The number of halogens is 1. The Morgan fingerprint density at radius 2 is 2.06 bits per heavy atom. The summed E-state index contributed by atoms with van der Waals surface area (Å²) in [5.41, 5.74) is 0.607. The summed E-state index contributed by atoms with van der Waals surface area (Å²) < 4.78 is 36.6. The number of nitrogens with zero attached hydrogens (tertiary/aromatic N) is 1. The van der Waals surface area contributed by atoms with Gasteiger partial charge in [-0.05, 0) is 75.8 Å². The third-order valence-electron chi connectivity index (χ3n) is 7.01. The predicted octanol–water partition coefficient (Wildman–Crippen LogP) is 4.02. The molecule has 196 valence electrons. The third kappa shape index (κ3) is 6.26. The van der Waals surface area contributed by atoms with E-state index in [4.69, 9.17) is 4.74 Å². The number of nitrogens with one attached hydrogen (secondary N) is 3. The normalized spacial score (nSPS) is 22.7. The van der Waals surface area contributed by atoms with Crippen molar-refractivity contribution >= 4 is 23.0 Å². The second-order valence-corrected chi connectivity index (χ2v) is 12.8. The number of rotatable bonds is 10. The Morgan fingerprint density at radius 1 is 1.28 bits per heavy atom. The molecule has 2 aromatic rings. The molecule has 9 heteroatoms. The van der Waals surface area contributed by atoms with Gasteiger partial charge in [-0.15, -0.1) is 4.72 Å². The van der Waals surface area contributed by atoms with Crippen molar-refractivity contribution in [1.82, 2.24) is 15.0 Å². The van der Waals surface area contributed by atoms with E-state index in [-0.39, 0.29) is 17.7 Å². The maximum atomic E-state index is 15.0. The van der Waals surface area contributed by atoms with Crippen LogP contribution in [0.4, 0.5) is 10.1 Å². The van der Waals surface area contributed by atoms with E-state index in [1.807, 2.05) is 39.0 Å². The zero-order chi connectivity index (χ0) is 25.9. The quantitative estimate of drug-likeness (QED) is 0.413. The van der Waals surface area contributed by atoms with E-state index < -0.39 is 33.5 Å². The highest BCUT2D eigenvalue weighted by atomic mass is 32.2. The molecule has 1 saturated carbocycles. The summed E-state index contributed by atoms with van der Waals surface area (Å²) in [4.78, 5) is 17.6. The number of aromatic nitrogens is 1. The van der Waals surface area contributed by atoms with Crippen molar-refractivity contribution in [2.24, 2.45) is 5.92 Å². The van der Waals surface area contributed by atoms with E-state index in [9.17, 15) is 13.7 Å². The fourth-order valence-corrected chi connectivity index (χ4v) is 5.47. The number of carbonyl (C=O) groups is 1. The van der Waals surface area contributed by atoms with Gasteiger partial charge in [0.15, 0.2) is 0 Å². The van der Waals surface area contributed by atoms with Gasteiger partial charge in [0.05, 0.1) is 23.5 Å². The average molecular weight is 517 g/mol. The van der Waals surface area contributed by atoms with Crippen LogP contribution in [0.25, 0.3) is 0 Å². The molecule has 0 unspecified atom stereocenters. The first kappa shape index (κ1) is 27.0. The lowest BCUT2D eigenvalue weighted by molar-refractivity contribution is -0.118. The molecule has 4 atom stereocenters. The molecule has 1 aliphatic carbocycles. The third-order valence-corrected chi connectivity index (χ3v) is 8.65. The highest BCUT2D eigenvalue weighted by molar-refractivity contribution is 7.90. The molecule has 1 amide bonds. The Balaban J connectivity index is 1.71. The number of hydrogen-bond donors (Lipinski definition) is 3. The lowest BCUT2D eigenvalue weighted by Crippen LogP contribution is -2.52. The van der Waals surface area contributed by atoms with Crippen molar-refractivity contribution in [3.63, 3.8) is 0 Å². The Labute approximate surface area is 216 Å². The maximum absolute atomic E-state index is 15.0. The highest BCUT2D eigenvalue weighted by Crippen LogP contribution is 2.42. The van der Waals surface area contributed by atoms with Gasteiger partial charge in [0.25, 0.3) is 0 Å². The molecule has 1 aliphatic heterocycles. The van der Waals surface area contributed by atoms with Crippen molar-refractivity contribution in [3.8, 4) is 0 Å². The molecule has 36 heavy (non-hydrogen) atoms. The molecular formula is C27H37FN4O3S. The van der Waals surface area contributed by atoms with Crippen LogP contribution in [0.15, 0.2) is 42.6 Å². The van der Waals surface area contributed by atoms with Gasteiger partial charge in [-0.3, -0.25) is 9.78 Å². The van der Waals surface area contributed by atoms with Crippen LogP contribution in [0, 0.1) is 11.7 Å². The zero-order valence-electron chi connectivity index (χ0n) is 21.5. The fraction of sp³-hybridized carbons (Fsp3) is 0.556. The van der Waals surface area contributed by atoms with Gasteiger partial charge in [-0.25, -0.2) is 4.39 Å². The number of methoxy groups -OCH3 is 1. The molecule has 1 aromatic heterocycles. The van der Waals surface area contributed by atoms with Crippen molar-refractivity contribution in [2.45, 2.75) is 75.3 Å². The SMILES string of the molecule is CO[C@H]1CN[C@@H](C(=O)Nc2cc([C@](CCC3CC3)(N[S@@+]([O-])C(C)(C)C)c3ccccn3)ccc2F)C1. The standard InChI is InChI=1S/C27H37FN4O3S/c1-26(2,3)36(34)32-27(13-12-18-8-9-18,24-7-5-6-14-29-24)19-10-11-21(28)22(15-19)31-25(33)23-16-20(35-4)17-30-23/h5-7,10-11,14-15,18,20,23,30,32H,8-9,12-13,16-17H2,1-4H3,(H,31,33)/t20-,23-,27+,36+/m1/s1. The molecule has 4 rings (SSSR count). The van der Waals surface area contributed by atoms with E-state index in [2.05, 4.69) is 20.3 Å². The van der Waals surface area contributed by atoms with Crippen LogP contribution in [0.3, 0.4) is 0 Å². The first-order valence-corrected chi connectivity index (χ1v) is 13.8. The molecule has 2 aliphatic rings. The number of amides is 1. The Morgan fingerprint density at radius 3 is 2.67 bits per heavy atom. The number of carbonyl (C=O) groups excluding carboxylic acids is 1. The number of ether oxygens (including phenoxy) is 1. The molecule has 1 saturated heterocycles. The summed E-state index contributed by atoms with van der Waals surface area (Å²) in [7, 11) is 1.61. The molecule has 2 fully saturated rings. The second-order valence-electron chi connectivity index (χ2n) is 10.8. The van der Waals surface area contributed by atoms with Crippen LogP contribution in [0.2, 0.25) is 0 Å². The summed E-state index contributed by atoms with van der Waals surface area (Å²) >= 11 is -1.43. The van der Waals surface area contributed by atoms with E-state index in [1.165, 1.54) is 18.9 Å². The molecule has 1 aromatic carbocycles. The minimum absolute atomic E-state index is 0.0484. The molecule has 2 heterocycles. The van der Waals surface area contributed by atoms with Gasteiger partial charge in [-0.2, -0.15) is 0 Å². The summed E-state index contributed by atoms with van der Waals surface area (Å²) in [5.74, 6) is -0.208. The van der Waals surface area contributed by atoms with Crippen molar-refractivity contribution in [1.29, 1.82) is 0 Å². The fourth-order valence-electron chi connectivity index (χ4n) is 4.53. The number of anilines is 1. The highest BCUT2D eigenvalue weighted by Gasteiger charge is 2.44. The van der Waals surface area contributed by atoms with Gasteiger partial charge in [0, 0.05) is 31.2 Å². The first-order valence-electron chi connectivity index (χ1n) is 12.6. The second kappa shape index (κ2) is 11.1. The number of pyridine rings is 1. The molecular weight excluding hydrogens is 479 g/mol. The van der Waals surface area contributed by atoms with Crippen molar-refractivity contribution in [3.05, 3.63) is 59.7 Å². The largest absolute Gasteiger partial charge is 0.598 e. The predicted molar refractivity (Wildman–Crippen MR) is 140 cm³/mol. The van der Waals surface area contributed by atoms with E-state index in [1.54, 1.807) is 25.4 Å². The van der Waals surface area contributed by atoms with Crippen LogP contribution in [0.5, 0.6) is 0 Å². The smallest absolute Gasteiger partial charge is 0.241 e. The van der Waals surface area contributed by atoms with Crippen molar-refractivity contribution in [2.75, 3.05) is 19.0 Å². The summed E-state index contributed by atoms with van der Waals surface area (Å²) in [6.45, 7) is 6.32. The van der Waals surface area contributed by atoms with Crippen LogP contribution in [0.1, 0.15) is 64.1 Å². The van der Waals surface area contributed by atoms with E-state index >= 15 is 0 Å². The Kier molecular flexibility index (Phi) is 8.36. The average Bonchev–Trinajstić information content (AvgIpc) is 3.56. The lowest BCUT2D eigenvalue weighted by atomic mass is 9.82. The van der Waals surface area contributed by atoms with Gasteiger partial charge in [0.2, 0.25) is 5.91 Å². The topological polar surface area (TPSA) is 98.3 Å². The van der Waals surface area contributed by atoms with E-state index in [0.29, 0.717) is 36.6 Å². The Bertz CT molecular complexity index is 1050.